The minimum atomic E-state index is -1.15. The molecule has 8 nitrogen and oxygen atoms in total. The Hall–Kier alpha value is -3.42. The molecule has 8 heteroatoms. The molecule has 0 atom stereocenters. The number of carbonyl (C=O) groups is 2. The van der Waals surface area contributed by atoms with E-state index in [4.69, 9.17) is 18.9 Å². The molecule has 0 aromatic heterocycles. The number of methoxy groups -OCH3 is 4. The first-order valence-corrected chi connectivity index (χ1v) is 7.93. The Morgan fingerprint density at radius 2 is 1.56 bits per heavy atom. The summed E-state index contributed by atoms with van der Waals surface area (Å²) in [5.41, 5.74) is 0.874. The molecule has 144 valence electrons. The Kier molecular flexibility index (Phi) is 6.48. The van der Waals surface area contributed by atoms with Crippen LogP contribution in [-0.2, 0) is 11.2 Å². The van der Waals surface area contributed by atoms with Crippen molar-refractivity contribution in [2.45, 2.75) is 6.42 Å². The summed E-state index contributed by atoms with van der Waals surface area (Å²) < 4.78 is 20.8. The topological polar surface area (TPSA) is 103 Å². The van der Waals surface area contributed by atoms with E-state index in [0.717, 1.165) is 0 Å². The van der Waals surface area contributed by atoms with Crippen LogP contribution in [0.2, 0.25) is 0 Å². The zero-order valence-electron chi connectivity index (χ0n) is 15.5. The quantitative estimate of drug-likeness (QED) is 0.731. The van der Waals surface area contributed by atoms with Crippen LogP contribution in [0.15, 0.2) is 30.3 Å². The second kappa shape index (κ2) is 8.79. The van der Waals surface area contributed by atoms with Crippen LogP contribution in [0.4, 0.5) is 5.69 Å². The van der Waals surface area contributed by atoms with Crippen LogP contribution < -0.4 is 24.3 Å². The summed E-state index contributed by atoms with van der Waals surface area (Å²) in [6, 6.07) is 7.79. The van der Waals surface area contributed by atoms with Crippen LogP contribution >= 0.6 is 0 Å². The third-order valence-electron chi connectivity index (χ3n) is 3.81. The fourth-order valence-electron chi connectivity index (χ4n) is 2.55. The van der Waals surface area contributed by atoms with Gasteiger partial charge in [0.05, 0.1) is 46.1 Å². The molecule has 0 heterocycles. The molecule has 0 fully saturated rings. The molecule has 2 rings (SSSR count). The summed E-state index contributed by atoms with van der Waals surface area (Å²) in [4.78, 5) is 23.8. The molecule has 0 aliphatic heterocycles. The van der Waals surface area contributed by atoms with Crippen molar-refractivity contribution in [3.05, 3.63) is 41.5 Å². The van der Waals surface area contributed by atoms with E-state index in [0.29, 0.717) is 17.1 Å². The van der Waals surface area contributed by atoms with Crippen LogP contribution in [0.5, 0.6) is 23.0 Å². The molecule has 0 bridgehead atoms. The lowest BCUT2D eigenvalue weighted by molar-refractivity contribution is -0.115. The van der Waals surface area contributed by atoms with Gasteiger partial charge in [-0.2, -0.15) is 0 Å². The maximum atomic E-state index is 12.5. The summed E-state index contributed by atoms with van der Waals surface area (Å²) >= 11 is 0. The zero-order chi connectivity index (χ0) is 20.0. The van der Waals surface area contributed by atoms with Gasteiger partial charge in [0, 0.05) is 0 Å². The fraction of sp³-hybridized carbons (Fsp3) is 0.263. The monoisotopic (exact) mass is 375 g/mol. The number of carboxylic acids is 1. The highest BCUT2D eigenvalue weighted by Crippen LogP contribution is 2.37. The van der Waals surface area contributed by atoms with Crippen molar-refractivity contribution in [3.8, 4) is 23.0 Å². The molecule has 2 N–H and O–H groups in total. The lowest BCUT2D eigenvalue weighted by Crippen LogP contribution is -2.16. The second-order valence-electron chi connectivity index (χ2n) is 5.48. The fourth-order valence-corrected chi connectivity index (χ4v) is 2.55. The Morgan fingerprint density at radius 1 is 0.889 bits per heavy atom. The summed E-state index contributed by atoms with van der Waals surface area (Å²) in [6.07, 6.45) is 0.0448. The van der Waals surface area contributed by atoms with E-state index in [9.17, 15) is 14.7 Å². The van der Waals surface area contributed by atoms with Gasteiger partial charge in [0.2, 0.25) is 5.91 Å². The van der Waals surface area contributed by atoms with Crippen LogP contribution in [-0.4, -0.2) is 45.4 Å². The first kappa shape index (κ1) is 19.9. The molecule has 0 aliphatic rings. The molecule has 0 saturated carbocycles. The highest BCUT2D eigenvalue weighted by molar-refractivity contribution is 5.97. The normalized spacial score (nSPS) is 10.1. The van der Waals surface area contributed by atoms with Crippen LogP contribution in [0.1, 0.15) is 15.9 Å². The standard InChI is InChI=1S/C19H21NO7/c1-24-14-6-5-11(7-15(14)25-2)8-17(21)20-13-9-12(19(22)23)10-16(26-3)18(13)27-4/h5-7,9-10H,8H2,1-4H3,(H,20,21)(H,22,23). The van der Waals surface area contributed by atoms with Crippen molar-refractivity contribution >= 4 is 17.6 Å². The van der Waals surface area contributed by atoms with Crippen molar-refractivity contribution in [2.75, 3.05) is 33.8 Å². The molecule has 2 aromatic carbocycles. The molecule has 0 saturated heterocycles. The average molecular weight is 375 g/mol. The van der Waals surface area contributed by atoms with E-state index in [1.807, 2.05) is 0 Å². The maximum absolute atomic E-state index is 12.5. The number of rotatable bonds is 8. The van der Waals surface area contributed by atoms with Gasteiger partial charge in [0.25, 0.3) is 0 Å². The van der Waals surface area contributed by atoms with Crippen molar-refractivity contribution in [1.29, 1.82) is 0 Å². The average Bonchev–Trinajstić information content (AvgIpc) is 2.66. The predicted molar refractivity (Wildman–Crippen MR) is 98.4 cm³/mol. The van der Waals surface area contributed by atoms with Gasteiger partial charge in [0.15, 0.2) is 23.0 Å². The van der Waals surface area contributed by atoms with Gasteiger partial charge in [-0.25, -0.2) is 4.79 Å². The van der Waals surface area contributed by atoms with Crippen molar-refractivity contribution in [2.24, 2.45) is 0 Å². The minimum Gasteiger partial charge on any atom is -0.493 e. The Morgan fingerprint density at radius 3 is 2.11 bits per heavy atom. The zero-order valence-corrected chi connectivity index (χ0v) is 15.5. The van der Waals surface area contributed by atoms with E-state index >= 15 is 0 Å². The number of benzene rings is 2. The largest absolute Gasteiger partial charge is 0.493 e. The van der Waals surface area contributed by atoms with Gasteiger partial charge in [-0.3, -0.25) is 4.79 Å². The Balaban J connectivity index is 2.27. The third kappa shape index (κ3) is 4.60. The number of anilines is 1. The third-order valence-corrected chi connectivity index (χ3v) is 3.81. The van der Waals surface area contributed by atoms with Gasteiger partial charge in [-0.15, -0.1) is 0 Å². The van der Waals surface area contributed by atoms with E-state index in [1.165, 1.54) is 40.6 Å². The Labute approximate surface area is 156 Å². The minimum absolute atomic E-state index is 0.0333. The van der Waals surface area contributed by atoms with E-state index in [-0.39, 0.29) is 35.1 Å². The molecule has 0 radical (unpaired) electrons. The number of carbonyl (C=O) groups excluding carboxylic acids is 1. The predicted octanol–water partition coefficient (Wildman–Crippen LogP) is 2.60. The van der Waals surface area contributed by atoms with Crippen LogP contribution in [0, 0.1) is 0 Å². The van der Waals surface area contributed by atoms with Gasteiger partial charge >= 0.3 is 5.97 Å². The van der Waals surface area contributed by atoms with Crippen LogP contribution in [0.25, 0.3) is 0 Å². The van der Waals surface area contributed by atoms with Crippen molar-refractivity contribution in [3.63, 3.8) is 0 Å². The highest BCUT2D eigenvalue weighted by Gasteiger charge is 2.18. The molecular weight excluding hydrogens is 354 g/mol. The lowest BCUT2D eigenvalue weighted by Gasteiger charge is -2.15. The van der Waals surface area contributed by atoms with Gasteiger partial charge in [0.1, 0.15) is 0 Å². The number of ether oxygens (including phenoxy) is 4. The molecule has 0 aliphatic carbocycles. The number of amides is 1. The molecule has 1 amide bonds. The molecular formula is C19H21NO7. The highest BCUT2D eigenvalue weighted by atomic mass is 16.5. The molecule has 2 aromatic rings. The number of hydrogen-bond donors (Lipinski definition) is 2. The van der Waals surface area contributed by atoms with E-state index in [1.54, 1.807) is 18.2 Å². The van der Waals surface area contributed by atoms with E-state index in [2.05, 4.69) is 5.32 Å². The molecule has 27 heavy (non-hydrogen) atoms. The lowest BCUT2D eigenvalue weighted by atomic mass is 10.1. The maximum Gasteiger partial charge on any atom is 0.335 e. The second-order valence-corrected chi connectivity index (χ2v) is 5.48. The number of carboxylic acid groups (broad SMARTS) is 1. The summed E-state index contributed by atoms with van der Waals surface area (Å²) in [5.74, 6) is 0.00980. The smallest absolute Gasteiger partial charge is 0.335 e. The summed E-state index contributed by atoms with van der Waals surface area (Å²) in [7, 11) is 5.83. The van der Waals surface area contributed by atoms with Crippen molar-refractivity contribution in [1.82, 2.24) is 0 Å². The molecule has 0 unspecified atom stereocenters. The van der Waals surface area contributed by atoms with Gasteiger partial charge < -0.3 is 29.4 Å². The summed E-state index contributed by atoms with van der Waals surface area (Å²) in [5, 5.41) is 11.9. The van der Waals surface area contributed by atoms with Gasteiger partial charge in [-0.1, -0.05) is 6.07 Å². The Bertz CT molecular complexity index is 848. The number of hydrogen-bond acceptors (Lipinski definition) is 6. The first-order valence-electron chi connectivity index (χ1n) is 7.93. The number of aromatic carboxylic acids is 1. The van der Waals surface area contributed by atoms with E-state index < -0.39 is 5.97 Å². The number of nitrogens with one attached hydrogen (secondary N) is 1. The van der Waals surface area contributed by atoms with Crippen LogP contribution in [0.3, 0.4) is 0 Å². The summed E-state index contributed by atoms with van der Waals surface area (Å²) in [6.45, 7) is 0. The first-order chi connectivity index (χ1) is 12.9. The van der Waals surface area contributed by atoms with Crippen molar-refractivity contribution < 1.29 is 33.6 Å². The SMILES string of the molecule is COc1ccc(CC(=O)Nc2cc(C(=O)O)cc(OC)c2OC)cc1OC. The van der Waals surface area contributed by atoms with Gasteiger partial charge in [-0.05, 0) is 29.8 Å². The molecule has 0 spiro atoms.